The first-order valence-electron chi connectivity index (χ1n) is 12.7. The van der Waals surface area contributed by atoms with Crippen LogP contribution in [-0.2, 0) is 25.2 Å². The second-order valence-corrected chi connectivity index (χ2v) is 10.0. The van der Waals surface area contributed by atoms with Crippen LogP contribution < -0.4 is 5.69 Å². The molecule has 0 saturated heterocycles. The second-order valence-electron chi connectivity index (χ2n) is 10.0. The molecule has 9 nitrogen and oxygen atoms in total. The van der Waals surface area contributed by atoms with Crippen molar-refractivity contribution in [2.75, 3.05) is 13.6 Å². The molecule has 3 aromatic carbocycles. The average molecular weight is 546 g/mol. The minimum absolute atomic E-state index is 0.0302. The first-order valence-corrected chi connectivity index (χ1v) is 12.7. The predicted molar refractivity (Wildman–Crippen MR) is 145 cm³/mol. The first-order chi connectivity index (χ1) is 19.2. The fourth-order valence-corrected chi connectivity index (χ4v) is 4.73. The maximum absolute atomic E-state index is 14.7. The summed E-state index contributed by atoms with van der Waals surface area (Å²) in [4.78, 5) is 18.7. The average Bonchev–Trinajstić information content (AvgIpc) is 3.55. The van der Waals surface area contributed by atoms with Crippen molar-refractivity contribution >= 4 is 0 Å². The molecule has 0 saturated carbocycles. The van der Waals surface area contributed by atoms with Gasteiger partial charge in [-0.3, -0.25) is 4.90 Å². The van der Waals surface area contributed by atoms with E-state index in [-0.39, 0.29) is 24.3 Å². The van der Waals surface area contributed by atoms with Gasteiger partial charge in [-0.25, -0.2) is 32.5 Å². The molecule has 1 atom stereocenters. The molecule has 206 valence electrons. The zero-order valence-corrected chi connectivity index (χ0v) is 22.2. The molecular formula is C29H29F2N7O2. The quantitative estimate of drug-likeness (QED) is 0.290. The van der Waals surface area contributed by atoms with Crippen molar-refractivity contribution in [3.63, 3.8) is 0 Å². The molecule has 5 aromatic rings. The van der Waals surface area contributed by atoms with E-state index in [1.54, 1.807) is 7.05 Å². The molecule has 11 heteroatoms. The van der Waals surface area contributed by atoms with E-state index in [0.29, 0.717) is 18.8 Å². The topological polar surface area (TPSA) is 94.0 Å². The second kappa shape index (κ2) is 11.3. The molecule has 2 aromatic heterocycles. The van der Waals surface area contributed by atoms with Crippen molar-refractivity contribution in [2.24, 2.45) is 0 Å². The largest absolute Gasteiger partial charge is 0.382 e. The standard InChI is InChI=1S/C29H29F2N7O2/c1-21-3-5-23(6-4-21)15-38-28(39)37(20-34-38)25-10-7-22(8-11-25)14-35(2)16-29(40,17-36-19-32-18-33-36)26-12-9-24(30)13-27(26)31/h3-13,18-20,40H,14-17H2,1-2H3. The van der Waals surface area contributed by atoms with Crippen LogP contribution in [0.15, 0.2) is 90.5 Å². The molecule has 0 amide bonds. The van der Waals surface area contributed by atoms with Crippen LogP contribution in [0.1, 0.15) is 22.3 Å². The summed E-state index contributed by atoms with van der Waals surface area (Å²) in [5, 5.41) is 19.9. The molecule has 0 aliphatic carbocycles. The van der Waals surface area contributed by atoms with Crippen LogP contribution >= 0.6 is 0 Å². The zero-order chi connectivity index (χ0) is 28.3. The van der Waals surface area contributed by atoms with Gasteiger partial charge in [0.05, 0.1) is 18.8 Å². The number of likely N-dealkylation sites (N-methyl/N-ethyl adjacent to an activating group) is 1. The summed E-state index contributed by atoms with van der Waals surface area (Å²) in [7, 11) is 1.79. The van der Waals surface area contributed by atoms with Gasteiger partial charge in [0.25, 0.3) is 0 Å². The van der Waals surface area contributed by atoms with Gasteiger partial charge in [0.1, 0.15) is 36.2 Å². The van der Waals surface area contributed by atoms with Crippen molar-refractivity contribution in [1.29, 1.82) is 0 Å². The molecule has 0 radical (unpaired) electrons. The van der Waals surface area contributed by atoms with Gasteiger partial charge < -0.3 is 5.11 Å². The number of rotatable bonds is 10. The lowest BCUT2D eigenvalue weighted by atomic mass is 9.92. The fourth-order valence-electron chi connectivity index (χ4n) is 4.73. The molecule has 2 heterocycles. The number of halogens is 2. The summed E-state index contributed by atoms with van der Waals surface area (Å²) in [5.74, 6) is -1.56. The summed E-state index contributed by atoms with van der Waals surface area (Å²) in [5.41, 5.74) is 1.73. The lowest BCUT2D eigenvalue weighted by Crippen LogP contribution is -2.43. The maximum atomic E-state index is 14.7. The molecule has 1 N–H and O–H groups in total. The highest BCUT2D eigenvalue weighted by molar-refractivity contribution is 5.34. The number of nitrogens with zero attached hydrogens (tertiary/aromatic N) is 7. The Morgan fingerprint density at radius 1 is 0.950 bits per heavy atom. The Bertz CT molecular complexity index is 1630. The zero-order valence-electron chi connectivity index (χ0n) is 22.2. The summed E-state index contributed by atoms with van der Waals surface area (Å²) in [6, 6.07) is 18.5. The number of aromatic nitrogens is 6. The molecule has 0 aliphatic rings. The Balaban J connectivity index is 1.30. The number of hydrogen-bond acceptors (Lipinski definition) is 6. The third kappa shape index (κ3) is 6.05. The third-order valence-electron chi connectivity index (χ3n) is 6.71. The summed E-state index contributed by atoms with van der Waals surface area (Å²) in [6.45, 7) is 2.76. The predicted octanol–water partition coefficient (Wildman–Crippen LogP) is 3.28. The highest BCUT2D eigenvalue weighted by atomic mass is 19.1. The Labute approximate surface area is 229 Å². The van der Waals surface area contributed by atoms with Crippen LogP contribution in [0.3, 0.4) is 0 Å². The minimum Gasteiger partial charge on any atom is -0.382 e. The maximum Gasteiger partial charge on any atom is 0.350 e. The summed E-state index contributed by atoms with van der Waals surface area (Å²) >= 11 is 0. The van der Waals surface area contributed by atoms with Gasteiger partial charge in [-0.05, 0) is 43.3 Å². The Kier molecular flexibility index (Phi) is 7.67. The van der Waals surface area contributed by atoms with Crippen LogP contribution in [0.4, 0.5) is 8.78 Å². The SMILES string of the molecule is Cc1ccc(Cn2ncn(-c3ccc(CN(C)CC(O)(Cn4cncn4)c4ccc(F)cc4F)cc3)c2=O)cc1. The van der Waals surface area contributed by atoms with Gasteiger partial charge in [-0.15, -0.1) is 0 Å². The fraction of sp³-hybridized carbons (Fsp3) is 0.241. The van der Waals surface area contributed by atoms with Gasteiger partial charge in [0, 0.05) is 24.7 Å². The highest BCUT2D eigenvalue weighted by Crippen LogP contribution is 2.28. The monoisotopic (exact) mass is 545 g/mol. The van der Waals surface area contributed by atoms with E-state index >= 15 is 0 Å². The molecule has 40 heavy (non-hydrogen) atoms. The van der Waals surface area contributed by atoms with Crippen molar-refractivity contribution in [1.82, 2.24) is 34.0 Å². The molecule has 5 rings (SSSR count). The van der Waals surface area contributed by atoms with Crippen LogP contribution in [-0.4, -0.2) is 52.7 Å². The first kappa shape index (κ1) is 27.1. The molecule has 0 fully saturated rings. The van der Waals surface area contributed by atoms with E-state index < -0.39 is 17.2 Å². The molecule has 1 unspecified atom stereocenters. The lowest BCUT2D eigenvalue weighted by molar-refractivity contribution is -0.0175. The number of benzene rings is 3. The third-order valence-corrected chi connectivity index (χ3v) is 6.71. The van der Waals surface area contributed by atoms with Gasteiger partial charge in [-0.2, -0.15) is 10.2 Å². The molecule has 0 bridgehead atoms. The Morgan fingerprint density at radius 2 is 1.68 bits per heavy atom. The van der Waals surface area contributed by atoms with E-state index in [1.807, 2.05) is 60.4 Å². The van der Waals surface area contributed by atoms with E-state index in [2.05, 4.69) is 15.2 Å². The minimum atomic E-state index is -1.71. The highest BCUT2D eigenvalue weighted by Gasteiger charge is 2.35. The van der Waals surface area contributed by atoms with Gasteiger partial charge >= 0.3 is 5.69 Å². The van der Waals surface area contributed by atoms with E-state index in [0.717, 1.165) is 28.8 Å². The van der Waals surface area contributed by atoms with E-state index in [9.17, 15) is 18.7 Å². The molecular weight excluding hydrogens is 516 g/mol. The molecule has 0 spiro atoms. The Morgan fingerprint density at radius 3 is 2.35 bits per heavy atom. The lowest BCUT2D eigenvalue weighted by Gasteiger charge is -2.33. The number of hydrogen-bond donors (Lipinski definition) is 1. The number of aliphatic hydroxyl groups is 1. The molecule has 0 aliphatic heterocycles. The van der Waals surface area contributed by atoms with Gasteiger partial charge in [0.2, 0.25) is 0 Å². The van der Waals surface area contributed by atoms with Crippen molar-refractivity contribution in [2.45, 2.75) is 32.2 Å². The van der Waals surface area contributed by atoms with E-state index in [1.165, 1.54) is 39.0 Å². The normalized spacial score (nSPS) is 13.1. The van der Waals surface area contributed by atoms with Crippen molar-refractivity contribution in [3.8, 4) is 5.69 Å². The smallest absolute Gasteiger partial charge is 0.350 e. The van der Waals surface area contributed by atoms with E-state index in [4.69, 9.17) is 0 Å². The van der Waals surface area contributed by atoms with Crippen LogP contribution in [0.5, 0.6) is 0 Å². The van der Waals surface area contributed by atoms with Crippen molar-refractivity contribution in [3.05, 3.63) is 130 Å². The summed E-state index contributed by atoms with van der Waals surface area (Å²) < 4.78 is 32.6. The van der Waals surface area contributed by atoms with Gasteiger partial charge in [-0.1, -0.05) is 48.0 Å². The van der Waals surface area contributed by atoms with Gasteiger partial charge in [0.15, 0.2) is 0 Å². The van der Waals surface area contributed by atoms with Crippen LogP contribution in [0, 0.1) is 18.6 Å². The Hall–Kier alpha value is -4.48. The summed E-state index contributed by atoms with van der Waals surface area (Å²) in [6.07, 6.45) is 4.25. The number of aryl methyl sites for hydroxylation is 1. The van der Waals surface area contributed by atoms with Crippen LogP contribution in [0.2, 0.25) is 0 Å². The van der Waals surface area contributed by atoms with Crippen LogP contribution in [0.25, 0.3) is 5.69 Å². The van der Waals surface area contributed by atoms with Crippen molar-refractivity contribution < 1.29 is 13.9 Å².